The van der Waals surface area contributed by atoms with Gasteiger partial charge in [-0.15, -0.1) is 0 Å². The molecular formula is C23H30N4O4. The SMILES string of the molecule is O=C(C1CCOCC1)N1CCC2(CC1)CC(Cc1nc(-c3cccnc3)no1)CCO2. The maximum Gasteiger partial charge on any atom is 0.227 e. The van der Waals surface area contributed by atoms with Crippen molar-refractivity contribution < 1.29 is 18.8 Å². The lowest BCUT2D eigenvalue weighted by Crippen LogP contribution is -2.52. The molecule has 0 N–H and O–H groups in total. The highest BCUT2D eigenvalue weighted by molar-refractivity contribution is 5.79. The van der Waals surface area contributed by atoms with E-state index in [9.17, 15) is 4.79 Å². The summed E-state index contributed by atoms with van der Waals surface area (Å²) in [6.45, 7) is 3.74. The number of ether oxygens (including phenoxy) is 2. The Balaban J connectivity index is 1.16. The molecule has 0 bridgehead atoms. The molecule has 2 aromatic rings. The van der Waals surface area contributed by atoms with Gasteiger partial charge in [0.15, 0.2) is 0 Å². The van der Waals surface area contributed by atoms with Crippen LogP contribution in [0.2, 0.25) is 0 Å². The van der Waals surface area contributed by atoms with Crippen LogP contribution in [0, 0.1) is 11.8 Å². The first-order valence-corrected chi connectivity index (χ1v) is 11.4. The Morgan fingerprint density at radius 1 is 1.16 bits per heavy atom. The van der Waals surface area contributed by atoms with Crippen molar-refractivity contribution in [2.24, 2.45) is 11.8 Å². The predicted octanol–water partition coefficient (Wildman–Crippen LogP) is 2.89. The minimum absolute atomic E-state index is 0.123. The Kier molecular flexibility index (Phi) is 6.00. The standard InChI is InChI=1S/C23H30N4O4/c28-22(18-4-11-29-12-5-18)27-9-6-23(7-10-27)15-17(3-13-30-23)14-20-25-21(26-31-20)19-2-1-8-24-16-19/h1-2,8,16-18H,3-7,9-15H2. The van der Waals surface area contributed by atoms with Crippen molar-refractivity contribution in [2.75, 3.05) is 32.9 Å². The number of pyridine rings is 1. The van der Waals surface area contributed by atoms with Crippen LogP contribution in [-0.2, 0) is 20.7 Å². The molecule has 0 saturated carbocycles. The number of carbonyl (C=O) groups is 1. The van der Waals surface area contributed by atoms with Crippen LogP contribution in [0.15, 0.2) is 29.0 Å². The Morgan fingerprint density at radius 2 is 2.00 bits per heavy atom. The molecule has 3 fully saturated rings. The first-order chi connectivity index (χ1) is 15.2. The van der Waals surface area contributed by atoms with E-state index in [-0.39, 0.29) is 11.5 Å². The molecular weight excluding hydrogens is 396 g/mol. The molecule has 0 radical (unpaired) electrons. The highest BCUT2D eigenvalue weighted by Gasteiger charge is 2.42. The second-order valence-corrected chi connectivity index (χ2v) is 9.06. The molecule has 5 rings (SSSR count). The van der Waals surface area contributed by atoms with E-state index in [4.69, 9.17) is 14.0 Å². The van der Waals surface area contributed by atoms with Gasteiger partial charge in [-0.1, -0.05) is 5.16 Å². The second kappa shape index (κ2) is 9.04. The second-order valence-electron chi connectivity index (χ2n) is 9.06. The molecule has 8 heteroatoms. The average molecular weight is 427 g/mol. The average Bonchev–Trinajstić information content (AvgIpc) is 3.29. The number of nitrogens with zero attached hydrogens (tertiary/aromatic N) is 4. The third-order valence-corrected chi connectivity index (χ3v) is 7.00. The molecule has 1 unspecified atom stereocenters. The van der Waals surface area contributed by atoms with E-state index in [1.54, 1.807) is 12.4 Å². The predicted molar refractivity (Wildman–Crippen MR) is 112 cm³/mol. The zero-order chi connectivity index (χ0) is 21.1. The number of rotatable bonds is 4. The van der Waals surface area contributed by atoms with Crippen LogP contribution < -0.4 is 0 Å². The molecule has 2 aromatic heterocycles. The fraction of sp³-hybridized carbons (Fsp3) is 0.652. The fourth-order valence-corrected chi connectivity index (χ4v) is 5.19. The van der Waals surface area contributed by atoms with Gasteiger partial charge in [0, 0.05) is 63.2 Å². The number of amides is 1. The summed E-state index contributed by atoms with van der Waals surface area (Å²) >= 11 is 0. The van der Waals surface area contributed by atoms with Crippen LogP contribution in [0.4, 0.5) is 0 Å². The Morgan fingerprint density at radius 3 is 2.77 bits per heavy atom. The van der Waals surface area contributed by atoms with Crippen molar-refractivity contribution in [3.8, 4) is 11.4 Å². The van der Waals surface area contributed by atoms with Crippen LogP contribution in [0.3, 0.4) is 0 Å². The largest absolute Gasteiger partial charge is 0.381 e. The van der Waals surface area contributed by atoms with Crippen molar-refractivity contribution >= 4 is 5.91 Å². The first-order valence-electron chi connectivity index (χ1n) is 11.4. The van der Waals surface area contributed by atoms with Crippen LogP contribution >= 0.6 is 0 Å². The van der Waals surface area contributed by atoms with E-state index in [0.717, 1.165) is 70.2 Å². The molecule has 3 aliphatic heterocycles. The summed E-state index contributed by atoms with van der Waals surface area (Å²) in [5.41, 5.74) is 0.740. The van der Waals surface area contributed by atoms with Crippen molar-refractivity contribution in [1.82, 2.24) is 20.0 Å². The van der Waals surface area contributed by atoms with Crippen LogP contribution in [-0.4, -0.2) is 64.4 Å². The number of piperidine rings is 1. The van der Waals surface area contributed by atoms with Gasteiger partial charge in [0.25, 0.3) is 0 Å². The van der Waals surface area contributed by atoms with Crippen LogP contribution in [0.1, 0.15) is 44.4 Å². The molecule has 166 valence electrons. The lowest BCUT2D eigenvalue weighted by Gasteiger charge is -2.46. The molecule has 31 heavy (non-hydrogen) atoms. The quantitative estimate of drug-likeness (QED) is 0.742. The van der Waals surface area contributed by atoms with Gasteiger partial charge in [-0.05, 0) is 56.6 Å². The zero-order valence-electron chi connectivity index (χ0n) is 17.9. The van der Waals surface area contributed by atoms with Gasteiger partial charge < -0.3 is 18.9 Å². The minimum Gasteiger partial charge on any atom is -0.381 e. The molecule has 3 aliphatic rings. The topological polar surface area (TPSA) is 90.6 Å². The summed E-state index contributed by atoms with van der Waals surface area (Å²) in [4.78, 5) is 23.6. The Hall–Kier alpha value is -2.32. The van der Waals surface area contributed by atoms with Crippen LogP contribution in [0.25, 0.3) is 11.4 Å². The number of aromatic nitrogens is 3. The van der Waals surface area contributed by atoms with Crippen molar-refractivity contribution in [3.05, 3.63) is 30.4 Å². The van der Waals surface area contributed by atoms with Crippen molar-refractivity contribution in [3.63, 3.8) is 0 Å². The number of hydrogen-bond donors (Lipinski definition) is 0. The van der Waals surface area contributed by atoms with E-state index in [0.29, 0.717) is 36.8 Å². The number of carbonyl (C=O) groups excluding carboxylic acids is 1. The molecule has 0 aromatic carbocycles. The first kappa shape index (κ1) is 20.6. The summed E-state index contributed by atoms with van der Waals surface area (Å²) in [5.74, 6) is 2.15. The Bertz CT molecular complexity index is 873. The lowest BCUT2D eigenvalue weighted by molar-refractivity contribution is -0.152. The molecule has 1 amide bonds. The summed E-state index contributed by atoms with van der Waals surface area (Å²) < 4.78 is 17.2. The lowest BCUT2D eigenvalue weighted by atomic mass is 9.78. The molecule has 1 spiro atoms. The van der Waals surface area contributed by atoms with Gasteiger partial charge in [0.2, 0.25) is 17.6 Å². The summed E-state index contributed by atoms with van der Waals surface area (Å²) in [6, 6.07) is 3.80. The summed E-state index contributed by atoms with van der Waals surface area (Å²) in [7, 11) is 0. The monoisotopic (exact) mass is 426 g/mol. The highest BCUT2D eigenvalue weighted by Crippen LogP contribution is 2.39. The smallest absolute Gasteiger partial charge is 0.227 e. The number of hydrogen-bond acceptors (Lipinski definition) is 7. The molecule has 5 heterocycles. The highest BCUT2D eigenvalue weighted by atomic mass is 16.5. The summed E-state index contributed by atoms with van der Waals surface area (Å²) in [5, 5.41) is 4.12. The van der Waals surface area contributed by atoms with Gasteiger partial charge in [-0.25, -0.2) is 0 Å². The molecule has 0 aliphatic carbocycles. The normalized spacial score (nSPS) is 24.4. The fourth-order valence-electron chi connectivity index (χ4n) is 5.19. The zero-order valence-corrected chi connectivity index (χ0v) is 17.9. The van der Waals surface area contributed by atoms with Gasteiger partial charge >= 0.3 is 0 Å². The molecule has 3 saturated heterocycles. The van der Waals surface area contributed by atoms with E-state index < -0.39 is 0 Å². The number of likely N-dealkylation sites (tertiary alicyclic amines) is 1. The van der Waals surface area contributed by atoms with E-state index in [2.05, 4.69) is 15.1 Å². The maximum atomic E-state index is 12.8. The minimum atomic E-state index is -0.123. The van der Waals surface area contributed by atoms with E-state index in [1.165, 1.54) is 0 Å². The van der Waals surface area contributed by atoms with Crippen molar-refractivity contribution in [2.45, 2.75) is 50.5 Å². The van der Waals surface area contributed by atoms with E-state index >= 15 is 0 Å². The third kappa shape index (κ3) is 4.65. The summed E-state index contributed by atoms with van der Waals surface area (Å²) in [6.07, 6.45) is 9.74. The van der Waals surface area contributed by atoms with E-state index in [1.807, 2.05) is 17.0 Å². The Labute approximate surface area is 182 Å². The van der Waals surface area contributed by atoms with Gasteiger partial charge in [-0.2, -0.15) is 4.98 Å². The van der Waals surface area contributed by atoms with Gasteiger partial charge in [0.05, 0.1) is 5.60 Å². The third-order valence-electron chi connectivity index (χ3n) is 7.00. The molecule has 8 nitrogen and oxygen atoms in total. The van der Waals surface area contributed by atoms with Crippen molar-refractivity contribution in [1.29, 1.82) is 0 Å². The van der Waals surface area contributed by atoms with Gasteiger partial charge in [0.1, 0.15) is 0 Å². The maximum absolute atomic E-state index is 12.8. The molecule has 1 atom stereocenters. The van der Waals surface area contributed by atoms with Crippen LogP contribution in [0.5, 0.6) is 0 Å². The van der Waals surface area contributed by atoms with Gasteiger partial charge in [-0.3, -0.25) is 9.78 Å².